The Balaban J connectivity index is 2.24. The van der Waals surface area contributed by atoms with E-state index in [1.807, 2.05) is 31.3 Å². The first-order chi connectivity index (χ1) is 9.29. The summed E-state index contributed by atoms with van der Waals surface area (Å²) < 4.78 is 0. The average molecular weight is 262 g/mol. The van der Waals surface area contributed by atoms with E-state index >= 15 is 0 Å². The van der Waals surface area contributed by atoms with Crippen molar-refractivity contribution in [3.05, 3.63) is 29.8 Å². The molecule has 1 rings (SSSR count). The fourth-order valence-electron chi connectivity index (χ4n) is 2.10. The number of carbonyl (C=O) groups is 1. The average Bonchev–Trinajstić information content (AvgIpc) is 2.46. The molecule has 0 atom stereocenters. The van der Waals surface area contributed by atoms with Gasteiger partial charge in [0.25, 0.3) is 5.91 Å². The molecule has 0 heterocycles. The van der Waals surface area contributed by atoms with Gasteiger partial charge in [-0.3, -0.25) is 4.79 Å². The van der Waals surface area contributed by atoms with Gasteiger partial charge in [-0.05, 0) is 18.6 Å². The maximum Gasteiger partial charge on any atom is 0.253 e. The van der Waals surface area contributed by atoms with Gasteiger partial charge in [-0.25, -0.2) is 0 Å². The van der Waals surface area contributed by atoms with Crippen LogP contribution in [0.5, 0.6) is 0 Å². The molecular weight excluding hydrogens is 236 g/mol. The monoisotopic (exact) mass is 262 g/mol. The predicted octanol–water partition coefficient (Wildman–Crippen LogP) is 3.82. The van der Waals surface area contributed by atoms with E-state index in [4.69, 9.17) is 0 Å². The van der Waals surface area contributed by atoms with Crippen LogP contribution in [0.15, 0.2) is 24.3 Å². The molecule has 0 aliphatic carbocycles. The van der Waals surface area contributed by atoms with E-state index in [1.54, 1.807) is 0 Å². The maximum absolute atomic E-state index is 12.0. The Morgan fingerprint density at radius 2 is 1.74 bits per heavy atom. The van der Waals surface area contributed by atoms with Crippen molar-refractivity contribution < 1.29 is 4.79 Å². The quantitative estimate of drug-likeness (QED) is 0.664. The van der Waals surface area contributed by atoms with Gasteiger partial charge in [0.1, 0.15) is 0 Å². The third kappa shape index (κ3) is 5.77. The molecule has 2 N–H and O–H groups in total. The highest BCUT2D eigenvalue weighted by atomic mass is 16.1. The topological polar surface area (TPSA) is 41.1 Å². The second-order valence-corrected chi connectivity index (χ2v) is 4.82. The molecule has 0 saturated heterocycles. The molecule has 106 valence electrons. The van der Waals surface area contributed by atoms with Crippen molar-refractivity contribution in [2.75, 3.05) is 18.9 Å². The van der Waals surface area contributed by atoms with Gasteiger partial charge in [-0.2, -0.15) is 0 Å². The summed E-state index contributed by atoms with van der Waals surface area (Å²) in [7, 11) is 1.83. The van der Waals surface area contributed by atoms with Gasteiger partial charge in [-0.15, -0.1) is 0 Å². The zero-order valence-corrected chi connectivity index (χ0v) is 12.2. The fourth-order valence-corrected chi connectivity index (χ4v) is 2.10. The smallest absolute Gasteiger partial charge is 0.253 e. The Kier molecular flexibility index (Phi) is 7.71. The lowest BCUT2D eigenvalue weighted by Gasteiger charge is -2.09. The van der Waals surface area contributed by atoms with Gasteiger partial charge < -0.3 is 10.6 Å². The van der Waals surface area contributed by atoms with Crippen LogP contribution in [0.3, 0.4) is 0 Å². The number of unbranched alkanes of at least 4 members (excludes halogenated alkanes) is 5. The number of anilines is 1. The number of nitrogens with one attached hydrogen (secondary N) is 2. The molecule has 19 heavy (non-hydrogen) atoms. The number of amides is 1. The molecule has 1 aromatic carbocycles. The summed E-state index contributed by atoms with van der Waals surface area (Å²) in [4.78, 5) is 12.0. The predicted molar refractivity (Wildman–Crippen MR) is 81.7 cm³/mol. The van der Waals surface area contributed by atoms with Crippen LogP contribution >= 0.6 is 0 Å². The lowest BCUT2D eigenvalue weighted by Crippen LogP contribution is -2.25. The molecular formula is C16H26N2O. The van der Waals surface area contributed by atoms with Crippen LogP contribution in [0.25, 0.3) is 0 Å². The molecule has 3 heteroatoms. The van der Waals surface area contributed by atoms with Gasteiger partial charge in [0.15, 0.2) is 0 Å². The second kappa shape index (κ2) is 9.42. The van der Waals surface area contributed by atoms with Crippen LogP contribution in [-0.4, -0.2) is 19.5 Å². The Bertz CT molecular complexity index is 377. The highest BCUT2D eigenvalue weighted by Gasteiger charge is 2.08. The normalized spacial score (nSPS) is 10.2. The van der Waals surface area contributed by atoms with E-state index in [1.165, 1.54) is 32.1 Å². The lowest BCUT2D eigenvalue weighted by molar-refractivity contribution is 0.0953. The molecule has 1 aromatic rings. The summed E-state index contributed by atoms with van der Waals surface area (Å²) in [5, 5.41) is 6.03. The standard InChI is InChI=1S/C16H26N2O/c1-3-4-5-6-7-10-13-18-16(19)14-11-8-9-12-15(14)17-2/h8-9,11-12,17H,3-7,10,13H2,1-2H3,(H,18,19). The molecule has 0 aliphatic rings. The molecule has 1 amide bonds. The number of hydrogen-bond donors (Lipinski definition) is 2. The first-order valence-electron chi connectivity index (χ1n) is 7.34. The fraction of sp³-hybridized carbons (Fsp3) is 0.562. The summed E-state index contributed by atoms with van der Waals surface area (Å²) in [6.45, 7) is 2.99. The van der Waals surface area contributed by atoms with Crippen LogP contribution in [0.4, 0.5) is 5.69 Å². The highest BCUT2D eigenvalue weighted by molar-refractivity contribution is 5.99. The molecule has 3 nitrogen and oxygen atoms in total. The third-order valence-electron chi connectivity index (χ3n) is 3.26. The van der Waals surface area contributed by atoms with E-state index in [0.29, 0.717) is 0 Å². The van der Waals surface area contributed by atoms with Gasteiger partial charge >= 0.3 is 0 Å². The molecule has 0 fully saturated rings. The minimum Gasteiger partial charge on any atom is -0.387 e. The first-order valence-corrected chi connectivity index (χ1v) is 7.34. The summed E-state index contributed by atoms with van der Waals surface area (Å²) in [5.74, 6) is 0.0125. The van der Waals surface area contributed by atoms with Crippen molar-refractivity contribution in [3.8, 4) is 0 Å². The van der Waals surface area contributed by atoms with Crippen LogP contribution < -0.4 is 10.6 Å². The lowest BCUT2D eigenvalue weighted by atomic mass is 10.1. The maximum atomic E-state index is 12.0. The van der Waals surface area contributed by atoms with Crippen molar-refractivity contribution in [2.45, 2.75) is 45.4 Å². The van der Waals surface area contributed by atoms with E-state index in [0.717, 1.165) is 24.2 Å². The van der Waals surface area contributed by atoms with Crippen molar-refractivity contribution in [2.24, 2.45) is 0 Å². The number of para-hydroxylation sites is 1. The molecule has 0 bridgehead atoms. The molecule has 0 unspecified atom stereocenters. The summed E-state index contributed by atoms with van der Waals surface area (Å²) >= 11 is 0. The Hall–Kier alpha value is -1.51. The SMILES string of the molecule is CCCCCCCCNC(=O)c1ccccc1NC. The molecule has 0 spiro atoms. The number of carbonyl (C=O) groups excluding carboxylic acids is 1. The summed E-state index contributed by atoms with van der Waals surface area (Å²) in [6.07, 6.45) is 7.45. The Labute approximate surface area is 116 Å². The molecule has 0 aliphatic heterocycles. The van der Waals surface area contributed by atoms with Crippen molar-refractivity contribution >= 4 is 11.6 Å². The van der Waals surface area contributed by atoms with Crippen molar-refractivity contribution in [3.63, 3.8) is 0 Å². The first kappa shape index (κ1) is 15.5. The highest BCUT2D eigenvalue weighted by Crippen LogP contribution is 2.13. The third-order valence-corrected chi connectivity index (χ3v) is 3.26. The minimum atomic E-state index is 0.0125. The number of rotatable bonds is 9. The van der Waals surface area contributed by atoms with E-state index in [9.17, 15) is 4.79 Å². The Morgan fingerprint density at radius 1 is 1.05 bits per heavy atom. The molecule has 0 radical (unpaired) electrons. The van der Waals surface area contributed by atoms with Gasteiger partial charge in [0.2, 0.25) is 0 Å². The summed E-state index contributed by atoms with van der Waals surface area (Å²) in [5.41, 5.74) is 1.60. The largest absolute Gasteiger partial charge is 0.387 e. The minimum absolute atomic E-state index is 0.0125. The van der Waals surface area contributed by atoms with Crippen LogP contribution in [-0.2, 0) is 0 Å². The van der Waals surface area contributed by atoms with Crippen molar-refractivity contribution in [1.29, 1.82) is 0 Å². The van der Waals surface area contributed by atoms with Crippen LogP contribution in [0.2, 0.25) is 0 Å². The molecule has 0 saturated carbocycles. The van der Waals surface area contributed by atoms with Gasteiger partial charge in [0, 0.05) is 19.3 Å². The van der Waals surface area contributed by atoms with Gasteiger partial charge in [-0.1, -0.05) is 51.2 Å². The number of hydrogen-bond acceptors (Lipinski definition) is 2. The van der Waals surface area contributed by atoms with Crippen LogP contribution in [0.1, 0.15) is 55.8 Å². The van der Waals surface area contributed by atoms with Crippen LogP contribution in [0, 0.1) is 0 Å². The molecule has 0 aromatic heterocycles. The second-order valence-electron chi connectivity index (χ2n) is 4.82. The van der Waals surface area contributed by atoms with E-state index in [-0.39, 0.29) is 5.91 Å². The number of benzene rings is 1. The van der Waals surface area contributed by atoms with E-state index < -0.39 is 0 Å². The Morgan fingerprint density at radius 3 is 2.47 bits per heavy atom. The van der Waals surface area contributed by atoms with Crippen molar-refractivity contribution in [1.82, 2.24) is 5.32 Å². The van der Waals surface area contributed by atoms with Gasteiger partial charge in [0.05, 0.1) is 5.56 Å². The zero-order valence-electron chi connectivity index (χ0n) is 12.2. The van der Waals surface area contributed by atoms with E-state index in [2.05, 4.69) is 17.6 Å². The summed E-state index contributed by atoms with van der Waals surface area (Å²) in [6, 6.07) is 7.58. The zero-order chi connectivity index (χ0) is 13.9.